The van der Waals surface area contributed by atoms with Gasteiger partial charge in [-0.1, -0.05) is 11.3 Å². The molecule has 170 valence electrons. The Labute approximate surface area is 197 Å². The van der Waals surface area contributed by atoms with Crippen LogP contribution in [0.4, 0.5) is 9.18 Å². The van der Waals surface area contributed by atoms with Gasteiger partial charge in [-0.3, -0.25) is 4.68 Å². The molecule has 4 heterocycles. The largest absolute Gasteiger partial charge is 0.463 e. The maximum Gasteiger partial charge on any atom is 0.341 e. The van der Waals surface area contributed by atoms with Gasteiger partial charge in [0.1, 0.15) is 29.4 Å². The number of aryl methyl sites for hydroxylation is 1. The number of halogens is 1. The van der Waals surface area contributed by atoms with E-state index >= 15 is 0 Å². The predicted molar refractivity (Wildman–Crippen MR) is 119 cm³/mol. The molecule has 0 aliphatic carbocycles. The molecule has 0 N–H and O–H groups in total. The van der Waals surface area contributed by atoms with E-state index in [4.69, 9.17) is 10.00 Å². The molecule has 2 aliphatic rings. The van der Waals surface area contributed by atoms with Gasteiger partial charge in [-0.15, -0.1) is 0 Å². The van der Waals surface area contributed by atoms with E-state index in [1.807, 2.05) is 6.07 Å². The number of nitrogens with zero attached hydrogens (tertiary/aromatic N) is 8. The van der Waals surface area contributed by atoms with Gasteiger partial charge in [-0.2, -0.15) is 20.7 Å². The van der Waals surface area contributed by atoms with Gasteiger partial charge < -0.3 is 9.64 Å². The molecule has 5 rings (SSSR count). The number of nitriles is 2. The third-order valence-corrected chi connectivity index (χ3v) is 6.36. The molecule has 0 saturated carbocycles. The molecule has 1 fully saturated rings. The van der Waals surface area contributed by atoms with E-state index in [1.165, 1.54) is 28.6 Å². The smallest absolute Gasteiger partial charge is 0.341 e. The van der Waals surface area contributed by atoms with Gasteiger partial charge in [0.05, 0.1) is 42.5 Å². The molecule has 0 radical (unpaired) electrons. The topological polar surface area (TPSA) is 123 Å². The number of aromatic nitrogens is 3. The van der Waals surface area contributed by atoms with Crippen LogP contribution in [-0.4, -0.2) is 56.1 Å². The van der Waals surface area contributed by atoms with Crippen LogP contribution in [0.3, 0.4) is 0 Å². The number of carbonyl (C=O) groups is 1. The molecule has 1 aromatic carbocycles. The number of amides is 2. The van der Waals surface area contributed by atoms with Crippen molar-refractivity contribution in [1.82, 2.24) is 24.7 Å². The van der Waals surface area contributed by atoms with Crippen molar-refractivity contribution < 1.29 is 13.9 Å². The predicted octanol–water partition coefficient (Wildman–Crippen LogP) is 3.04. The number of urea groups is 1. The Morgan fingerprint density at radius 1 is 1.26 bits per heavy atom. The van der Waals surface area contributed by atoms with Crippen molar-refractivity contribution in [2.24, 2.45) is 12.1 Å². The molecule has 1 saturated heterocycles. The van der Waals surface area contributed by atoms with E-state index < -0.39 is 11.9 Å². The fourth-order valence-corrected chi connectivity index (χ4v) is 4.66. The molecule has 12 heteroatoms. The summed E-state index contributed by atoms with van der Waals surface area (Å²) in [5, 5.41) is 30.2. The number of hydrazone groups is 1. The lowest BCUT2D eigenvalue weighted by Gasteiger charge is -2.40. The lowest BCUT2D eigenvalue weighted by Crippen LogP contribution is -2.58. The van der Waals surface area contributed by atoms with Crippen LogP contribution >= 0.6 is 11.3 Å². The van der Waals surface area contributed by atoms with Crippen LogP contribution in [0.1, 0.15) is 29.2 Å². The summed E-state index contributed by atoms with van der Waals surface area (Å²) in [5.74, 6) is -0.526. The van der Waals surface area contributed by atoms with Gasteiger partial charge in [0, 0.05) is 25.1 Å². The fourth-order valence-electron chi connectivity index (χ4n) is 3.94. The van der Waals surface area contributed by atoms with Crippen molar-refractivity contribution in [3.05, 3.63) is 52.3 Å². The van der Waals surface area contributed by atoms with E-state index in [-0.39, 0.29) is 17.7 Å². The molecule has 34 heavy (non-hydrogen) atoms. The molecule has 0 unspecified atom stereocenters. The highest BCUT2D eigenvalue weighted by Crippen LogP contribution is 2.33. The first-order valence-electron chi connectivity index (χ1n) is 10.3. The Bertz CT molecular complexity index is 1380. The average Bonchev–Trinajstić information content (AvgIpc) is 3.54. The van der Waals surface area contributed by atoms with E-state index in [1.54, 1.807) is 34.3 Å². The molecule has 2 amide bonds. The van der Waals surface area contributed by atoms with E-state index in [0.717, 1.165) is 6.07 Å². The highest BCUT2D eigenvalue weighted by molar-refractivity contribution is 7.11. The van der Waals surface area contributed by atoms with Gasteiger partial charge in [0.15, 0.2) is 0 Å². The quantitative estimate of drug-likeness (QED) is 0.570. The summed E-state index contributed by atoms with van der Waals surface area (Å²) in [6.07, 6.45) is 3.31. The third kappa shape index (κ3) is 3.84. The van der Waals surface area contributed by atoms with Gasteiger partial charge >= 0.3 is 6.03 Å². The summed E-state index contributed by atoms with van der Waals surface area (Å²) in [6, 6.07) is 7.31. The molecule has 2 aliphatic heterocycles. The number of benzene rings is 1. The minimum atomic E-state index is -0.526. The Morgan fingerprint density at radius 3 is 2.85 bits per heavy atom. The number of hydrogen-bond donors (Lipinski definition) is 0. The van der Waals surface area contributed by atoms with Crippen LogP contribution in [-0.2, 0) is 7.05 Å². The standard InChI is InChI=1S/C22H17FN8O2S/c1-29-20(15(8-25)9-27-29)18-12-34-21(28-18)33-17-10-30(11-17)22(32)31-19(2-3-26-31)14-4-13(7-24)5-16(23)6-14/h3-6,9,12,17,19H,2,10-11H2,1H3/t19-/m0/s1. The third-order valence-electron chi connectivity index (χ3n) is 5.63. The zero-order valence-electron chi connectivity index (χ0n) is 17.9. The minimum Gasteiger partial charge on any atom is -0.463 e. The first-order chi connectivity index (χ1) is 16.5. The molecule has 1 atom stereocenters. The molecule has 3 aromatic rings. The number of carbonyl (C=O) groups excluding carboxylic acids is 1. The number of hydrogen-bond acceptors (Lipinski definition) is 8. The molecule has 0 spiro atoms. The highest BCUT2D eigenvalue weighted by atomic mass is 32.1. The van der Waals surface area contributed by atoms with Crippen LogP contribution in [0.15, 0.2) is 34.9 Å². The maximum atomic E-state index is 13.9. The van der Waals surface area contributed by atoms with Crippen molar-refractivity contribution in [2.45, 2.75) is 18.6 Å². The van der Waals surface area contributed by atoms with E-state index in [2.05, 4.69) is 21.3 Å². The van der Waals surface area contributed by atoms with Crippen LogP contribution < -0.4 is 4.74 Å². The summed E-state index contributed by atoms with van der Waals surface area (Å²) in [4.78, 5) is 19.0. The molecule has 0 bridgehead atoms. The lowest BCUT2D eigenvalue weighted by molar-refractivity contribution is 0.0276. The molecular formula is C22H17FN8O2S. The number of likely N-dealkylation sites (tertiary alicyclic amines) is 1. The van der Waals surface area contributed by atoms with Gasteiger partial charge in [-0.25, -0.2) is 19.2 Å². The second-order valence-corrected chi connectivity index (χ2v) is 8.67. The van der Waals surface area contributed by atoms with E-state index in [9.17, 15) is 14.4 Å². The molecular weight excluding hydrogens is 459 g/mol. The Kier molecular flexibility index (Phi) is 5.43. The monoisotopic (exact) mass is 476 g/mol. The van der Waals surface area contributed by atoms with Gasteiger partial charge in [0.25, 0.3) is 5.19 Å². The summed E-state index contributed by atoms with van der Waals surface area (Å²) in [5.41, 5.74) is 2.37. The number of rotatable bonds is 4. The van der Waals surface area contributed by atoms with Crippen LogP contribution in [0.5, 0.6) is 5.19 Å². The van der Waals surface area contributed by atoms with Crippen molar-refractivity contribution in [2.75, 3.05) is 13.1 Å². The summed E-state index contributed by atoms with van der Waals surface area (Å²) < 4.78 is 21.4. The van der Waals surface area contributed by atoms with Crippen molar-refractivity contribution >= 4 is 23.6 Å². The van der Waals surface area contributed by atoms with Gasteiger partial charge in [0.2, 0.25) is 0 Å². The van der Waals surface area contributed by atoms with Crippen LogP contribution in [0.2, 0.25) is 0 Å². The second kappa shape index (κ2) is 8.57. The van der Waals surface area contributed by atoms with E-state index in [0.29, 0.717) is 47.2 Å². The average molecular weight is 476 g/mol. The summed E-state index contributed by atoms with van der Waals surface area (Å²) in [6.45, 7) is 0.711. The molecule has 2 aromatic heterocycles. The zero-order chi connectivity index (χ0) is 23.8. The minimum absolute atomic E-state index is 0.197. The van der Waals surface area contributed by atoms with Crippen molar-refractivity contribution in [3.63, 3.8) is 0 Å². The Hall–Kier alpha value is -4.29. The van der Waals surface area contributed by atoms with Crippen molar-refractivity contribution in [1.29, 1.82) is 10.5 Å². The molecule has 10 nitrogen and oxygen atoms in total. The van der Waals surface area contributed by atoms with Crippen LogP contribution in [0, 0.1) is 28.5 Å². The van der Waals surface area contributed by atoms with Gasteiger partial charge in [-0.05, 0) is 23.8 Å². The summed E-state index contributed by atoms with van der Waals surface area (Å²) in [7, 11) is 1.74. The Morgan fingerprint density at radius 2 is 2.09 bits per heavy atom. The SMILES string of the molecule is Cn1ncc(C#N)c1-c1csc(OC2CN(C(=O)N3N=CC[C@H]3c3cc(F)cc(C#N)c3)C2)n1. The normalized spacial score (nSPS) is 17.4. The first-order valence-corrected chi connectivity index (χ1v) is 11.2. The first kappa shape index (κ1) is 21.6. The fraction of sp³-hybridized carbons (Fsp3) is 0.273. The Balaban J connectivity index is 1.21. The van der Waals surface area contributed by atoms with Crippen LogP contribution in [0.25, 0.3) is 11.4 Å². The second-order valence-electron chi connectivity index (χ2n) is 7.85. The number of thiazole rings is 1. The lowest BCUT2D eigenvalue weighted by atomic mass is 10.0. The highest BCUT2D eigenvalue weighted by Gasteiger charge is 2.39. The van der Waals surface area contributed by atoms with Crippen molar-refractivity contribution in [3.8, 4) is 28.7 Å². The maximum absolute atomic E-state index is 13.9. The summed E-state index contributed by atoms with van der Waals surface area (Å²) >= 11 is 1.31. The zero-order valence-corrected chi connectivity index (χ0v) is 18.7. The number of ether oxygens (including phenoxy) is 1.